The quantitative estimate of drug-likeness (QED) is 0.540. The lowest BCUT2D eigenvalue weighted by molar-refractivity contribution is -0.376. The second-order valence-electron chi connectivity index (χ2n) is 7.50. The number of benzene rings is 2. The molecule has 0 saturated heterocycles. The molecule has 0 spiro atoms. The Hall–Kier alpha value is -3.27. The minimum absolute atomic E-state index is 0.0356. The summed E-state index contributed by atoms with van der Waals surface area (Å²) >= 11 is 0. The zero-order valence-electron chi connectivity index (χ0n) is 16.3. The van der Waals surface area contributed by atoms with Crippen LogP contribution in [0.2, 0.25) is 0 Å². The summed E-state index contributed by atoms with van der Waals surface area (Å²) in [5.41, 5.74) is -2.77. The van der Waals surface area contributed by atoms with Gasteiger partial charge in [-0.15, -0.1) is 0 Å². The molecule has 3 aromatic rings. The molecule has 0 atom stereocenters. The van der Waals surface area contributed by atoms with Crippen molar-refractivity contribution in [2.75, 3.05) is 4.90 Å². The van der Waals surface area contributed by atoms with Gasteiger partial charge in [0.2, 0.25) is 5.91 Å². The number of aliphatic hydroxyl groups is 1. The molecule has 10 heteroatoms. The Morgan fingerprint density at radius 2 is 1.56 bits per heavy atom. The predicted molar refractivity (Wildman–Crippen MR) is 104 cm³/mol. The first-order valence-corrected chi connectivity index (χ1v) is 9.43. The Labute approximate surface area is 178 Å². The van der Waals surface area contributed by atoms with Gasteiger partial charge in [-0.2, -0.15) is 26.3 Å². The van der Waals surface area contributed by atoms with Gasteiger partial charge < -0.3 is 15.0 Å². The third kappa shape index (κ3) is 3.54. The van der Waals surface area contributed by atoms with Crippen LogP contribution in [-0.2, 0) is 23.4 Å². The van der Waals surface area contributed by atoms with Crippen LogP contribution in [0, 0.1) is 0 Å². The largest absolute Gasteiger partial charge is 0.430 e. The molecule has 1 aliphatic rings. The van der Waals surface area contributed by atoms with Crippen molar-refractivity contribution >= 4 is 11.6 Å². The van der Waals surface area contributed by atoms with E-state index in [-0.39, 0.29) is 18.9 Å². The van der Waals surface area contributed by atoms with E-state index < -0.39 is 23.5 Å². The summed E-state index contributed by atoms with van der Waals surface area (Å²) < 4.78 is 78.2. The molecule has 0 fully saturated rings. The highest BCUT2D eigenvalue weighted by Crippen LogP contribution is 2.50. The van der Waals surface area contributed by atoms with E-state index in [1.165, 1.54) is 4.90 Å². The van der Waals surface area contributed by atoms with E-state index in [1.54, 1.807) is 18.5 Å². The van der Waals surface area contributed by atoms with Crippen molar-refractivity contribution in [3.63, 3.8) is 0 Å². The number of carbonyl (C=O) groups is 1. The van der Waals surface area contributed by atoms with Crippen molar-refractivity contribution in [1.29, 1.82) is 0 Å². The summed E-state index contributed by atoms with van der Waals surface area (Å²) in [5.74, 6) is -0.239. The molecule has 2 N–H and O–H groups in total. The average molecular weight is 454 g/mol. The van der Waals surface area contributed by atoms with E-state index in [1.807, 2.05) is 18.2 Å². The molecule has 0 bridgehead atoms. The number of amides is 1. The van der Waals surface area contributed by atoms with Crippen molar-refractivity contribution in [1.82, 2.24) is 4.98 Å². The van der Waals surface area contributed by atoms with Gasteiger partial charge in [0.25, 0.3) is 5.60 Å². The van der Waals surface area contributed by atoms with Gasteiger partial charge in [-0.3, -0.25) is 4.79 Å². The smallest absolute Gasteiger partial charge is 0.369 e. The van der Waals surface area contributed by atoms with Crippen LogP contribution in [0.5, 0.6) is 0 Å². The maximum atomic E-state index is 13.0. The molecule has 1 aromatic heterocycles. The third-order valence-electron chi connectivity index (χ3n) is 5.48. The maximum Gasteiger partial charge on any atom is 0.430 e. The number of H-pyrrole nitrogens is 1. The lowest BCUT2D eigenvalue weighted by atomic mass is 9.91. The number of nitrogens with zero attached hydrogens (tertiary/aromatic N) is 1. The molecule has 168 valence electrons. The number of hydrogen-bond donors (Lipinski definition) is 2. The van der Waals surface area contributed by atoms with E-state index in [9.17, 15) is 36.2 Å². The highest BCUT2D eigenvalue weighted by Gasteiger charge is 2.71. The molecule has 4 nitrogen and oxygen atoms in total. The van der Waals surface area contributed by atoms with Gasteiger partial charge in [-0.25, -0.2) is 0 Å². The fourth-order valence-corrected chi connectivity index (χ4v) is 3.76. The standard InChI is InChI=1S/C22H16F6N2O2/c23-21(24,25)20(32,22(26,27)28)17-4-1-13(2-5-17)12-30-18-6-3-14(15-7-8-29-11-15)9-16(18)10-19(30)31/h1-9,11,29,32H,10,12H2. The molecular weight excluding hydrogens is 438 g/mol. The number of anilines is 1. The van der Waals surface area contributed by atoms with Gasteiger partial charge in [0.05, 0.1) is 13.0 Å². The highest BCUT2D eigenvalue weighted by atomic mass is 19.4. The molecule has 1 aliphatic heterocycles. The van der Waals surface area contributed by atoms with E-state index in [0.717, 1.165) is 28.8 Å². The van der Waals surface area contributed by atoms with Crippen LogP contribution < -0.4 is 4.90 Å². The molecule has 0 unspecified atom stereocenters. The summed E-state index contributed by atoms with van der Waals surface area (Å²) in [4.78, 5) is 16.9. The van der Waals surface area contributed by atoms with E-state index >= 15 is 0 Å². The fourth-order valence-electron chi connectivity index (χ4n) is 3.76. The first kappa shape index (κ1) is 21.9. The first-order valence-electron chi connectivity index (χ1n) is 9.43. The molecule has 2 aromatic carbocycles. The van der Waals surface area contributed by atoms with Crippen molar-refractivity contribution in [3.05, 3.63) is 77.6 Å². The first-order chi connectivity index (χ1) is 14.9. The Balaban J connectivity index is 1.59. The lowest BCUT2D eigenvalue weighted by Gasteiger charge is -2.32. The SMILES string of the molecule is O=C1Cc2cc(-c3cc[nH]c3)ccc2N1Cc1ccc(C(O)(C(F)(F)F)C(F)(F)F)cc1. The molecule has 1 amide bonds. The number of aromatic nitrogens is 1. The van der Waals surface area contributed by atoms with Gasteiger partial charge in [-0.1, -0.05) is 30.3 Å². The summed E-state index contributed by atoms with van der Waals surface area (Å²) in [5, 5.41) is 9.49. The highest BCUT2D eigenvalue weighted by molar-refractivity contribution is 6.01. The van der Waals surface area contributed by atoms with Gasteiger partial charge >= 0.3 is 12.4 Å². The zero-order valence-corrected chi connectivity index (χ0v) is 16.3. The Kier molecular flexibility index (Phi) is 5.08. The molecule has 0 radical (unpaired) electrons. The Morgan fingerprint density at radius 1 is 0.906 bits per heavy atom. The summed E-state index contributed by atoms with van der Waals surface area (Å²) in [6.07, 6.45) is -8.20. The van der Waals surface area contributed by atoms with Crippen molar-refractivity contribution in [2.45, 2.75) is 30.9 Å². The summed E-state index contributed by atoms with van der Waals surface area (Å²) in [7, 11) is 0. The molecule has 4 rings (SSSR count). The van der Waals surface area contributed by atoms with Gasteiger partial charge in [0.1, 0.15) is 0 Å². The monoisotopic (exact) mass is 454 g/mol. The van der Waals surface area contributed by atoms with Crippen LogP contribution in [0.4, 0.5) is 32.0 Å². The minimum atomic E-state index is -5.95. The number of halogens is 6. The second kappa shape index (κ2) is 7.40. The Bertz CT molecular complexity index is 1120. The summed E-state index contributed by atoms with van der Waals surface area (Å²) in [6, 6.07) is 10.5. The zero-order chi connectivity index (χ0) is 23.3. The van der Waals surface area contributed by atoms with Crippen molar-refractivity contribution in [3.8, 4) is 11.1 Å². The lowest BCUT2D eigenvalue weighted by Crippen LogP contribution is -2.53. The van der Waals surface area contributed by atoms with Crippen LogP contribution in [0.3, 0.4) is 0 Å². The van der Waals surface area contributed by atoms with Crippen LogP contribution in [0.15, 0.2) is 60.9 Å². The van der Waals surface area contributed by atoms with Gasteiger partial charge in [-0.05, 0) is 40.5 Å². The maximum absolute atomic E-state index is 13.0. The normalized spacial score (nSPS) is 14.7. The van der Waals surface area contributed by atoms with E-state index in [2.05, 4.69) is 4.98 Å². The molecular formula is C22H16F6N2O2. The number of aromatic amines is 1. The molecule has 0 saturated carbocycles. The molecule has 0 aliphatic carbocycles. The third-order valence-corrected chi connectivity index (χ3v) is 5.48. The number of fused-ring (bicyclic) bond motifs is 1. The number of carbonyl (C=O) groups excluding carboxylic acids is 1. The van der Waals surface area contributed by atoms with Crippen LogP contribution in [0.25, 0.3) is 11.1 Å². The topological polar surface area (TPSA) is 56.3 Å². The van der Waals surface area contributed by atoms with E-state index in [0.29, 0.717) is 23.4 Å². The number of alkyl halides is 6. The number of rotatable bonds is 4. The van der Waals surface area contributed by atoms with Crippen LogP contribution in [-0.4, -0.2) is 28.4 Å². The van der Waals surface area contributed by atoms with Crippen molar-refractivity contribution < 1.29 is 36.2 Å². The number of hydrogen-bond acceptors (Lipinski definition) is 2. The molecule has 2 heterocycles. The number of nitrogens with one attached hydrogen (secondary N) is 1. The predicted octanol–water partition coefficient (Wildman–Crippen LogP) is 5.08. The Morgan fingerprint density at radius 3 is 2.12 bits per heavy atom. The second-order valence-corrected chi connectivity index (χ2v) is 7.50. The van der Waals surface area contributed by atoms with Gasteiger partial charge in [0, 0.05) is 23.6 Å². The van der Waals surface area contributed by atoms with Crippen LogP contribution >= 0.6 is 0 Å². The van der Waals surface area contributed by atoms with Gasteiger partial charge in [0.15, 0.2) is 0 Å². The van der Waals surface area contributed by atoms with Crippen LogP contribution in [0.1, 0.15) is 16.7 Å². The minimum Gasteiger partial charge on any atom is -0.369 e. The van der Waals surface area contributed by atoms with E-state index in [4.69, 9.17) is 0 Å². The van der Waals surface area contributed by atoms with Crippen molar-refractivity contribution in [2.24, 2.45) is 0 Å². The fraction of sp³-hybridized carbons (Fsp3) is 0.227. The summed E-state index contributed by atoms with van der Waals surface area (Å²) in [6.45, 7) is -0.0356. The average Bonchev–Trinajstić information content (AvgIpc) is 3.34. The molecule has 32 heavy (non-hydrogen) atoms.